The molecule has 3 heteroatoms. The quantitative estimate of drug-likeness (QED) is 0.791. The van der Waals surface area contributed by atoms with Gasteiger partial charge in [0, 0.05) is 38.3 Å². The Balaban J connectivity index is 1.94. The van der Waals surface area contributed by atoms with E-state index in [4.69, 9.17) is 4.74 Å². The van der Waals surface area contributed by atoms with Gasteiger partial charge in [0.25, 0.3) is 0 Å². The van der Waals surface area contributed by atoms with E-state index in [-0.39, 0.29) is 0 Å². The average Bonchev–Trinajstić information content (AvgIpc) is 2.72. The lowest BCUT2D eigenvalue weighted by molar-refractivity contribution is 0.0264. The monoisotopic (exact) mass is 226 g/mol. The van der Waals surface area contributed by atoms with E-state index in [1.54, 1.807) is 0 Å². The molecule has 1 spiro atoms. The van der Waals surface area contributed by atoms with Crippen LogP contribution in [0.5, 0.6) is 0 Å². The van der Waals surface area contributed by atoms with Crippen molar-refractivity contribution < 1.29 is 4.74 Å². The minimum Gasteiger partial charge on any atom is -0.380 e. The van der Waals surface area contributed by atoms with E-state index in [9.17, 15) is 0 Å². The van der Waals surface area contributed by atoms with Crippen LogP contribution in [0.1, 0.15) is 39.5 Å². The molecule has 0 amide bonds. The Kier molecular flexibility index (Phi) is 3.88. The highest BCUT2D eigenvalue weighted by atomic mass is 16.5. The van der Waals surface area contributed by atoms with Crippen LogP contribution in [-0.2, 0) is 4.74 Å². The highest BCUT2D eigenvalue weighted by molar-refractivity contribution is 5.00. The molecular formula is C13H26N2O. The molecule has 2 atom stereocenters. The van der Waals surface area contributed by atoms with E-state index in [0.29, 0.717) is 17.7 Å². The highest BCUT2D eigenvalue weighted by Gasteiger charge is 2.39. The van der Waals surface area contributed by atoms with E-state index in [1.807, 2.05) is 7.11 Å². The maximum Gasteiger partial charge on any atom is 0.0670 e. The topological polar surface area (TPSA) is 24.5 Å². The van der Waals surface area contributed by atoms with Crippen LogP contribution in [0, 0.1) is 0 Å². The van der Waals surface area contributed by atoms with Crippen molar-refractivity contribution in [3.05, 3.63) is 0 Å². The second-order valence-corrected chi connectivity index (χ2v) is 5.69. The molecule has 2 fully saturated rings. The first-order chi connectivity index (χ1) is 7.65. The molecule has 1 saturated carbocycles. The number of methoxy groups -OCH3 is 1. The summed E-state index contributed by atoms with van der Waals surface area (Å²) in [6.45, 7) is 7.90. The molecule has 1 heterocycles. The normalized spacial score (nSPS) is 32.1. The largest absolute Gasteiger partial charge is 0.380 e. The second kappa shape index (κ2) is 5.03. The minimum absolute atomic E-state index is 0.346. The molecule has 16 heavy (non-hydrogen) atoms. The lowest BCUT2D eigenvalue weighted by Gasteiger charge is -2.46. The predicted octanol–water partition coefficient (Wildman–Crippen LogP) is 1.63. The summed E-state index contributed by atoms with van der Waals surface area (Å²) in [4.78, 5) is 2.61. The molecule has 2 aliphatic rings. The molecule has 0 bridgehead atoms. The minimum atomic E-state index is 0.346. The molecule has 1 saturated heterocycles. The van der Waals surface area contributed by atoms with Crippen molar-refractivity contribution in [2.75, 3.05) is 26.7 Å². The Morgan fingerprint density at radius 2 is 2.12 bits per heavy atom. The van der Waals surface area contributed by atoms with Crippen molar-refractivity contribution >= 4 is 0 Å². The molecule has 0 aromatic heterocycles. The van der Waals surface area contributed by atoms with Crippen LogP contribution in [-0.4, -0.2) is 49.3 Å². The zero-order valence-electron chi connectivity index (χ0n) is 11.0. The van der Waals surface area contributed by atoms with Crippen molar-refractivity contribution in [1.29, 1.82) is 0 Å². The zero-order valence-corrected chi connectivity index (χ0v) is 11.0. The fraction of sp³-hybridized carbons (Fsp3) is 1.00. The summed E-state index contributed by atoms with van der Waals surface area (Å²) in [5.41, 5.74) is 0.431. The lowest BCUT2D eigenvalue weighted by Crippen LogP contribution is -2.63. The number of hydrogen-bond acceptors (Lipinski definition) is 3. The standard InChI is InChI=1S/C13H26N2O/c1-11-8-14-13(6-4-5-7-13)10-15(11)9-12(2)16-3/h11-12,14H,4-10H2,1-3H3. The van der Waals surface area contributed by atoms with Gasteiger partial charge < -0.3 is 10.1 Å². The Morgan fingerprint density at radius 1 is 1.44 bits per heavy atom. The van der Waals surface area contributed by atoms with Crippen molar-refractivity contribution in [2.45, 2.75) is 57.2 Å². The molecule has 2 rings (SSSR count). The third kappa shape index (κ3) is 2.58. The SMILES string of the molecule is COC(C)CN1CC2(CCCC2)NCC1C. The van der Waals surface area contributed by atoms with Gasteiger partial charge in [-0.25, -0.2) is 0 Å². The van der Waals surface area contributed by atoms with Crippen LogP contribution in [0.4, 0.5) is 0 Å². The van der Waals surface area contributed by atoms with Crippen LogP contribution in [0.2, 0.25) is 0 Å². The summed E-state index contributed by atoms with van der Waals surface area (Å²) in [5, 5.41) is 3.78. The Morgan fingerprint density at radius 3 is 2.75 bits per heavy atom. The van der Waals surface area contributed by atoms with Crippen LogP contribution >= 0.6 is 0 Å². The third-order valence-corrected chi connectivity index (χ3v) is 4.36. The molecule has 1 aliphatic heterocycles. The van der Waals surface area contributed by atoms with Crippen molar-refractivity contribution in [1.82, 2.24) is 10.2 Å². The summed E-state index contributed by atoms with van der Waals surface area (Å²) < 4.78 is 5.39. The molecule has 1 aliphatic carbocycles. The summed E-state index contributed by atoms with van der Waals surface area (Å²) in [6.07, 6.45) is 5.86. The zero-order chi connectivity index (χ0) is 11.6. The van der Waals surface area contributed by atoms with Gasteiger partial charge in [0.2, 0.25) is 0 Å². The van der Waals surface area contributed by atoms with E-state index < -0.39 is 0 Å². The van der Waals surface area contributed by atoms with E-state index in [1.165, 1.54) is 32.2 Å². The predicted molar refractivity (Wildman–Crippen MR) is 66.7 cm³/mol. The van der Waals surface area contributed by atoms with Gasteiger partial charge in [0.05, 0.1) is 6.10 Å². The Bertz CT molecular complexity index is 226. The first-order valence-corrected chi connectivity index (χ1v) is 6.67. The number of piperazine rings is 1. The summed E-state index contributed by atoms with van der Waals surface area (Å²) in [5.74, 6) is 0. The average molecular weight is 226 g/mol. The van der Waals surface area contributed by atoms with E-state index >= 15 is 0 Å². The maximum absolute atomic E-state index is 5.39. The van der Waals surface area contributed by atoms with Crippen LogP contribution in [0.15, 0.2) is 0 Å². The van der Waals surface area contributed by atoms with Crippen LogP contribution < -0.4 is 5.32 Å². The van der Waals surface area contributed by atoms with Gasteiger partial charge in [-0.15, -0.1) is 0 Å². The van der Waals surface area contributed by atoms with Gasteiger partial charge >= 0.3 is 0 Å². The molecule has 0 radical (unpaired) electrons. The number of nitrogens with one attached hydrogen (secondary N) is 1. The van der Waals surface area contributed by atoms with Crippen molar-refractivity contribution in [2.24, 2.45) is 0 Å². The summed E-state index contributed by atoms with van der Waals surface area (Å²) in [6, 6.07) is 0.642. The molecule has 2 unspecified atom stereocenters. The summed E-state index contributed by atoms with van der Waals surface area (Å²) in [7, 11) is 1.81. The second-order valence-electron chi connectivity index (χ2n) is 5.69. The first-order valence-electron chi connectivity index (χ1n) is 6.67. The van der Waals surface area contributed by atoms with Gasteiger partial charge in [0.15, 0.2) is 0 Å². The molecule has 3 nitrogen and oxygen atoms in total. The first kappa shape index (κ1) is 12.3. The fourth-order valence-electron chi connectivity index (χ4n) is 3.13. The number of rotatable bonds is 3. The van der Waals surface area contributed by atoms with E-state index in [0.717, 1.165) is 13.1 Å². The van der Waals surface area contributed by atoms with E-state index in [2.05, 4.69) is 24.1 Å². The van der Waals surface area contributed by atoms with Crippen LogP contribution in [0.25, 0.3) is 0 Å². The van der Waals surface area contributed by atoms with Crippen LogP contribution in [0.3, 0.4) is 0 Å². The smallest absolute Gasteiger partial charge is 0.0670 e. The fourth-order valence-corrected chi connectivity index (χ4v) is 3.13. The van der Waals surface area contributed by atoms with Gasteiger partial charge in [0.1, 0.15) is 0 Å². The molecule has 0 aromatic rings. The third-order valence-electron chi connectivity index (χ3n) is 4.36. The Hall–Kier alpha value is -0.120. The van der Waals surface area contributed by atoms with Crippen molar-refractivity contribution in [3.63, 3.8) is 0 Å². The highest BCUT2D eigenvalue weighted by Crippen LogP contribution is 2.33. The molecule has 94 valence electrons. The molecule has 0 aromatic carbocycles. The maximum atomic E-state index is 5.39. The number of hydrogen-bond donors (Lipinski definition) is 1. The Labute approximate surface area is 99.5 Å². The van der Waals surface area contributed by atoms with Gasteiger partial charge in [-0.3, -0.25) is 4.90 Å². The van der Waals surface area contributed by atoms with Gasteiger partial charge in [-0.1, -0.05) is 12.8 Å². The van der Waals surface area contributed by atoms with Gasteiger partial charge in [-0.2, -0.15) is 0 Å². The van der Waals surface area contributed by atoms with Crippen molar-refractivity contribution in [3.8, 4) is 0 Å². The van der Waals surface area contributed by atoms with Gasteiger partial charge in [-0.05, 0) is 26.7 Å². The molecule has 1 N–H and O–H groups in total. The number of nitrogens with zero attached hydrogens (tertiary/aromatic N) is 1. The molecular weight excluding hydrogens is 200 g/mol. The number of ether oxygens (including phenoxy) is 1. The lowest BCUT2D eigenvalue weighted by atomic mass is 9.92. The summed E-state index contributed by atoms with van der Waals surface area (Å²) >= 11 is 0.